The zero-order valence-corrected chi connectivity index (χ0v) is 9.86. The standard InChI is InChI=1S/C11H11ClO5/c1-2-15-11(14)8(13)6-3-4-7(12)10-9(6)16-5-17-10/h3-4,8,13H,2,5H2,1H3. The van der Waals surface area contributed by atoms with Crippen molar-refractivity contribution in [3.8, 4) is 11.5 Å². The van der Waals surface area contributed by atoms with Gasteiger partial charge in [0, 0.05) is 5.56 Å². The number of carbonyl (C=O) groups excluding carboxylic acids is 1. The lowest BCUT2D eigenvalue weighted by molar-refractivity contribution is -0.153. The third kappa shape index (κ3) is 2.16. The number of rotatable bonds is 3. The Labute approximate surface area is 103 Å². The molecule has 0 saturated heterocycles. The van der Waals surface area contributed by atoms with E-state index in [2.05, 4.69) is 0 Å². The number of hydrogen-bond donors (Lipinski definition) is 1. The van der Waals surface area contributed by atoms with Gasteiger partial charge in [0.1, 0.15) is 0 Å². The number of aliphatic hydroxyl groups excluding tert-OH is 1. The smallest absolute Gasteiger partial charge is 0.339 e. The molecule has 0 bridgehead atoms. The monoisotopic (exact) mass is 258 g/mol. The van der Waals surface area contributed by atoms with E-state index in [4.69, 9.17) is 25.8 Å². The molecule has 0 fully saturated rings. The molecule has 92 valence electrons. The van der Waals surface area contributed by atoms with Gasteiger partial charge in [0.05, 0.1) is 11.6 Å². The zero-order chi connectivity index (χ0) is 12.4. The summed E-state index contributed by atoms with van der Waals surface area (Å²) in [6, 6.07) is 3.05. The molecule has 1 aliphatic rings. The third-order valence-electron chi connectivity index (χ3n) is 2.31. The zero-order valence-electron chi connectivity index (χ0n) is 9.10. The van der Waals surface area contributed by atoms with E-state index in [1.807, 2.05) is 0 Å². The molecular weight excluding hydrogens is 248 g/mol. The minimum atomic E-state index is -1.40. The average molecular weight is 259 g/mol. The first-order valence-corrected chi connectivity index (χ1v) is 5.45. The summed E-state index contributed by atoms with van der Waals surface area (Å²) in [5, 5.41) is 10.2. The van der Waals surface area contributed by atoms with Crippen molar-refractivity contribution in [3.05, 3.63) is 22.7 Å². The minimum Gasteiger partial charge on any atom is -0.464 e. The highest BCUT2D eigenvalue weighted by Crippen LogP contribution is 2.43. The molecule has 0 aliphatic carbocycles. The number of hydrogen-bond acceptors (Lipinski definition) is 5. The Balaban J connectivity index is 2.34. The number of benzene rings is 1. The van der Waals surface area contributed by atoms with Gasteiger partial charge in [0.15, 0.2) is 17.6 Å². The van der Waals surface area contributed by atoms with Crippen molar-refractivity contribution in [3.63, 3.8) is 0 Å². The van der Waals surface area contributed by atoms with Gasteiger partial charge in [-0.25, -0.2) is 4.79 Å². The molecule has 1 heterocycles. The van der Waals surface area contributed by atoms with Crippen LogP contribution < -0.4 is 9.47 Å². The first kappa shape index (κ1) is 12.0. The van der Waals surface area contributed by atoms with Gasteiger partial charge in [-0.1, -0.05) is 17.7 Å². The fourth-order valence-electron chi connectivity index (χ4n) is 1.55. The van der Waals surface area contributed by atoms with E-state index in [-0.39, 0.29) is 19.1 Å². The van der Waals surface area contributed by atoms with E-state index in [0.717, 1.165) is 0 Å². The number of aliphatic hydroxyl groups is 1. The third-order valence-corrected chi connectivity index (χ3v) is 2.60. The number of ether oxygens (including phenoxy) is 3. The summed E-state index contributed by atoms with van der Waals surface area (Å²) in [5.41, 5.74) is 0.292. The van der Waals surface area contributed by atoms with Crippen molar-refractivity contribution >= 4 is 17.6 Å². The van der Waals surface area contributed by atoms with Crippen LogP contribution in [0.2, 0.25) is 5.02 Å². The Bertz CT molecular complexity index is 446. The lowest BCUT2D eigenvalue weighted by Gasteiger charge is -2.12. The second-order valence-electron chi connectivity index (χ2n) is 3.36. The Morgan fingerprint density at radius 2 is 2.24 bits per heavy atom. The highest BCUT2D eigenvalue weighted by atomic mass is 35.5. The van der Waals surface area contributed by atoms with E-state index in [1.54, 1.807) is 6.92 Å². The molecule has 0 spiro atoms. The van der Waals surface area contributed by atoms with Crippen LogP contribution in [-0.4, -0.2) is 24.5 Å². The number of carbonyl (C=O) groups is 1. The Kier molecular flexibility index (Phi) is 3.40. The second kappa shape index (κ2) is 4.81. The average Bonchev–Trinajstić information content (AvgIpc) is 2.79. The summed E-state index contributed by atoms with van der Waals surface area (Å²) in [6.07, 6.45) is -1.40. The van der Waals surface area contributed by atoms with Crippen molar-refractivity contribution in [1.29, 1.82) is 0 Å². The quantitative estimate of drug-likeness (QED) is 0.836. The van der Waals surface area contributed by atoms with Crippen LogP contribution in [0.5, 0.6) is 11.5 Å². The molecule has 1 N–H and O–H groups in total. The number of fused-ring (bicyclic) bond motifs is 1. The second-order valence-corrected chi connectivity index (χ2v) is 3.76. The Hall–Kier alpha value is -1.46. The first-order valence-electron chi connectivity index (χ1n) is 5.07. The molecule has 1 aromatic carbocycles. The molecule has 1 atom stereocenters. The van der Waals surface area contributed by atoms with Crippen molar-refractivity contribution in [2.75, 3.05) is 13.4 Å². The highest BCUT2D eigenvalue weighted by molar-refractivity contribution is 6.32. The van der Waals surface area contributed by atoms with Gasteiger partial charge in [-0.2, -0.15) is 0 Å². The first-order chi connectivity index (χ1) is 8.15. The van der Waals surface area contributed by atoms with Crippen molar-refractivity contribution in [2.24, 2.45) is 0 Å². The lowest BCUT2D eigenvalue weighted by Crippen LogP contribution is -2.15. The molecular formula is C11H11ClO5. The Morgan fingerprint density at radius 3 is 2.94 bits per heavy atom. The van der Waals surface area contributed by atoms with Crippen molar-refractivity contribution in [1.82, 2.24) is 0 Å². The minimum absolute atomic E-state index is 0.0155. The summed E-state index contributed by atoms with van der Waals surface area (Å²) < 4.78 is 15.1. The molecule has 1 aromatic rings. The van der Waals surface area contributed by atoms with E-state index < -0.39 is 12.1 Å². The van der Waals surface area contributed by atoms with Gasteiger partial charge < -0.3 is 19.3 Å². The van der Waals surface area contributed by atoms with Gasteiger partial charge in [-0.05, 0) is 13.0 Å². The van der Waals surface area contributed by atoms with Crippen LogP contribution in [0.4, 0.5) is 0 Å². The van der Waals surface area contributed by atoms with Gasteiger partial charge in [0.2, 0.25) is 6.79 Å². The number of halogens is 1. The van der Waals surface area contributed by atoms with Crippen LogP contribution in [-0.2, 0) is 9.53 Å². The van der Waals surface area contributed by atoms with Crippen LogP contribution in [0, 0.1) is 0 Å². The summed E-state index contributed by atoms with van der Waals surface area (Å²) in [5.74, 6) is -0.0990. The molecule has 1 unspecified atom stereocenters. The lowest BCUT2D eigenvalue weighted by atomic mass is 10.1. The largest absolute Gasteiger partial charge is 0.464 e. The summed E-state index contributed by atoms with van der Waals surface area (Å²) in [7, 11) is 0. The van der Waals surface area contributed by atoms with Gasteiger partial charge in [-0.15, -0.1) is 0 Å². The maximum atomic E-state index is 11.4. The summed E-state index contributed by atoms with van der Waals surface area (Å²) >= 11 is 5.88. The van der Waals surface area contributed by atoms with E-state index >= 15 is 0 Å². The van der Waals surface area contributed by atoms with Crippen molar-refractivity contribution < 1.29 is 24.1 Å². The van der Waals surface area contributed by atoms with Crippen LogP contribution in [0.3, 0.4) is 0 Å². The normalized spacial score (nSPS) is 14.5. The van der Waals surface area contributed by atoms with E-state index in [9.17, 15) is 9.90 Å². The maximum absolute atomic E-state index is 11.4. The topological polar surface area (TPSA) is 65.0 Å². The molecule has 2 rings (SSSR count). The Morgan fingerprint density at radius 1 is 1.53 bits per heavy atom. The van der Waals surface area contributed by atoms with Crippen LogP contribution in [0.1, 0.15) is 18.6 Å². The molecule has 0 amide bonds. The molecule has 0 aromatic heterocycles. The summed E-state index contributed by atoms with van der Waals surface area (Å²) in [6.45, 7) is 1.88. The van der Waals surface area contributed by atoms with E-state index in [1.165, 1.54) is 12.1 Å². The van der Waals surface area contributed by atoms with Crippen molar-refractivity contribution in [2.45, 2.75) is 13.0 Å². The molecule has 5 nitrogen and oxygen atoms in total. The molecule has 0 saturated carbocycles. The SMILES string of the molecule is CCOC(=O)C(O)c1ccc(Cl)c2c1OCO2. The molecule has 6 heteroatoms. The van der Waals surface area contributed by atoms with Crippen LogP contribution in [0.15, 0.2) is 12.1 Å². The molecule has 0 radical (unpaired) electrons. The fraction of sp³-hybridized carbons (Fsp3) is 0.364. The van der Waals surface area contributed by atoms with Crippen LogP contribution in [0.25, 0.3) is 0 Å². The van der Waals surface area contributed by atoms with Crippen LogP contribution >= 0.6 is 11.6 Å². The molecule has 17 heavy (non-hydrogen) atoms. The molecule has 1 aliphatic heterocycles. The fourth-order valence-corrected chi connectivity index (χ4v) is 1.75. The number of esters is 1. The van der Waals surface area contributed by atoms with Gasteiger partial charge in [0.25, 0.3) is 0 Å². The predicted molar refractivity (Wildman–Crippen MR) is 59.2 cm³/mol. The maximum Gasteiger partial charge on any atom is 0.339 e. The van der Waals surface area contributed by atoms with E-state index in [0.29, 0.717) is 16.3 Å². The predicted octanol–water partition coefficient (Wildman–Crippen LogP) is 1.67. The van der Waals surface area contributed by atoms with Gasteiger partial charge in [-0.3, -0.25) is 0 Å². The van der Waals surface area contributed by atoms with Gasteiger partial charge >= 0.3 is 5.97 Å². The highest BCUT2D eigenvalue weighted by Gasteiger charge is 2.29. The summed E-state index contributed by atoms with van der Waals surface area (Å²) in [4.78, 5) is 11.4.